The Morgan fingerprint density at radius 2 is 1.90 bits per heavy atom. The molecule has 21 heavy (non-hydrogen) atoms. The lowest BCUT2D eigenvalue weighted by Gasteiger charge is -2.00. The summed E-state index contributed by atoms with van der Waals surface area (Å²) in [6, 6.07) is 6.58. The second kappa shape index (κ2) is 6.88. The number of rotatable bonds is 7. The summed E-state index contributed by atoms with van der Waals surface area (Å²) in [5, 5.41) is 4.14. The van der Waals surface area contributed by atoms with Crippen LogP contribution in [0.4, 0.5) is 0 Å². The van der Waals surface area contributed by atoms with E-state index >= 15 is 0 Å². The summed E-state index contributed by atoms with van der Waals surface area (Å²) in [4.78, 5) is 4.55. The van der Waals surface area contributed by atoms with Gasteiger partial charge in [-0.25, -0.2) is 0 Å². The molecular formula is C18H24N2O. The van der Waals surface area contributed by atoms with Crippen LogP contribution in [0.5, 0.6) is 0 Å². The third kappa shape index (κ3) is 3.52. The molecular weight excluding hydrogens is 260 g/mol. The van der Waals surface area contributed by atoms with Crippen molar-refractivity contribution >= 4 is 0 Å². The summed E-state index contributed by atoms with van der Waals surface area (Å²) in [5.74, 6) is 1.52. The second-order valence-electron chi connectivity index (χ2n) is 6.01. The van der Waals surface area contributed by atoms with Gasteiger partial charge in [0.05, 0.1) is 0 Å². The minimum atomic E-state index is 0.744. The first kappa shape index (κ1) is 14.3. The Balaban J connectivity index is 1.59. The van der Waals surface area contributed by atoms with Crippen LogP contribution in [0.2, 0.25) is 0 Å². The van der Waals surface area contributed by atoms with Gasteiger partial charge in [-0.3, -0.25) is 0 Å². The number of nitrogens with zero attached hydrogens (tertiary/aromatic N) is 2. The quantitative estimate of drug-likeness (QED) is 0.689. The van der Waals surface area contributed by atoms with E-state index in [4.69, 9.17) is 4.52 Å². The van der Waals surface area contributed by atoms with Crippen molar-refractivity contribution in [2.75, 3.05) is 0 Å². The van der Waals surface area contributed by atoms with Gasteiger partial charge >= 0.3 is 0 Å². The summed E-state index contributed by atoms with van der Waals surface area (Å²) in [6.07, 6.45) is 10.9. The highest BCUT2D eigenvalue weighted by atomic mass is 16.5. The largest absolute Gasteiger partial charge is 0.339 e. The number of aryl methyl sites for hydroxylation is 3. The molecule has 0 saturated carbocycles. The van der Waals surface area contributed by atoms with Crippen molar-refractivity contribution in [2.45, 2.75) is 64.7 Å². The summed E-state index contributed by atoms with van der Waals surface area (Å²) in [5.41, 5.74) is 4.04. The molecule has 0 radical (unpaired) electrons. The average molecular weight is 284 g/mol. The molecule has 1 aliphatic rings. The molecule has 3 nitrogen and oxygen atoms in total. The molecule has 3 rings (SSSR count). The standard InChI is InChI=1S/C18H24N2O/c1-2-3-4-5-6-10-17-19-18(20-21-17)16-12-11-14-8-7-9-15(14)13-16/h11-13H,2-10H2,1H3. The molecule has 0 aliphatic heterocycles. The Bertz CT molecular complexity index is 589. The number of hydrogen-bond acceptors (Lipinski definition) is 3. The summed E-state index contributed by atoms with van der Waals surface area (Å²) >= 11 is 0. The molecule has 1 aliphatic carbocycles. The minimum Gasteiger partial charge on any atom is -0.339 e. The number of fused-ring (bicyclic) bond motifs is 1. The van der Waals surface area contributed by atoms with E-state index < -0.39 is 0 Å². The Morgan fingerprint density at radius 3 is 2.81 bits per heavy atom. The predicted molar refractivity (Wildman–Crippen MR) is 84.2 cm³/mol. The first-order valence-corrected chi connectivity index (χ1v) is 8.31. The second-order valence-corrected chi connectivity index (χ2v) is 6.01. The van der Waals surface area contributed by atoms with E-state index in [2.05, 4.69) is 35.3 Å². The molecule has 0 unspecified atom stereocenters. The number of unbranched alkanes of at least 4 members (excludes halogenated alkanes) is 4. The van der Waals surface area contributed by atoms with Crippen LogP contribution in [0.25, 0.3) is 11.4 Å². The molecule has 0 saturated heterocycles. The van der Waals surface area contributed by atoms with Crippen LogP contribution in [-0.2, 0) is 19.3 Å². The molecule has 0 spiro atoms. The maximum atomic E-state index is 5.38. The molecule has 0 atom stereocenters. The van der Waals surface area contributed by atoms with Crippen LogP contribution >= 0.6 is 0 Å². The fourth-order valence-corrected chi connectivity index (χ4v) is 3.06. The molecule has 112 valence electrons. The first-order chi connectivity index (χ1) is 10.4. The maximum Gasteiger partial charge on any atom is 0.226 e. The van der Waals surface area contributed by atoms with Gasteiger partial charge in [-0.05, 0) is 42.9 Å². The van der Waals surface area contributed by atoms with E-state index in [0.29, 0.717) is 0 Å². The zero-order valence-electron chi connectivity index (χ0n) is 12.9. The van der Waals surface area contributed by atoms with Crippen LogP contribution < -0.4 is 0 Å². The van der Waals surface area contributed by atoms with Gasteiger partial charge in [0.15, 0.2) is 0 Å². The first-order valence-electron chi connectivity index (χ1n) is 8.31. The third-order valence-electron chi connectivity index (χ3n) is 4.32. The Labute approximate surface area is 126 Å². The fourth-order valence-electron chi connectivity index (χ4n) is 3.06. The maximum absolute atomic E-state index is 5.38. The zero-order valence-corrected chi connectivity index (χ0v) is 12.9. The van der Waals surface area contributed by atoms with Gasteiger partial charge in [-0.1, -0.05) is 49.9 Å². The monoisotopic (exact) mass is 284 g/mol. The topological polar surface area (TPSA) is 38.9 Å². The predicted octanol–water partition coefficient (Wildman–Crippen LogP) is 4.74. The Morgan fingerprint density at radius 1 is 1.05 bits per heavy atom. The van der Waals surface area contributed by atoms with Gasteiger partial charge in [-0.2, -0.15) is 4.98 Å². The van der Waals surface area contributed by atoms with Gasteiger partial charge in [0.1, 0.15) is 0 Å². The van der Waals surface area contributed by atoms with Crippen LogP contribution in [-0.4, -0.2) is 10.1 Å². The van der Waals surface area contributed by atoms with Gasteiger partial charge in [-0.15, -0.1) is 0 Å². The summed E-state index contributed by atoms with van der Waals surface area (Å²) in [6.45, 7) is 2.24. The van der Waals surface area contributed by atoms with Crippen LogP contribution in [0, 0.1) is 0 Å². The number of aromatic nitrogens is 2. The van der Waals surface area contributed by atoms with E-state index in [1.165, 1.54) is 56.1 Å². The zero-order chi connectivity index (χ0) is 14.5. The lowest BCUT2D eigenvalue weighted by molar-refractivity contribution is 0.374. The van der Waals surface area contributed by atoms with Crippen molar-refractivity contribution in [2.24, 2.45) is 0 Å². The van der Waals surface area contributed by atoms with Crippen molar-refractivity contribution < 1.29 is 4.52 Å². The highest BCUT2D eigenvalue weighted by Gasteiger charge is 2.14. The van der Waals surface area contributed by atoms with Gasteiger partial charge in [0.25, 0.3) is 0 Å². The third-order valence-corrected chi connectivity index (χ3v) is 4.32. The van der Waals surface area contributed by atoms with E-state index in [1.807, 2.05) is 0 Å². The minimum absolute atomic E-state index is 0.744. The van der Waals surface area contributed by atoms with E-state index in [0.717, 1.165) is 30.1 Å². The van der Waals surface area contributed by atoms with Crippen molar-refractivity contribution in [3.63, 3.8) is 0 Å². The van der Waals surface area contributed by atoms with Crippen LogP contribution in [0.3, 0.4) is 0 Å². The SMILES string of the molecule is CCCCCCCc1nc(-c2ccc3c(c2)CCC3)no1. The highest BCUT2D eigenvalue weighted by Crippen LogP contribution is 2.26. The van der Waals surface area contributed by atoms with Crippen molar-refractivity contribution in [1.29, 1.82) is 0 Å². The number of hydrogen-bond donors (Lipinski definition) is 0. The molecule has 2 aromatic rings. The summed E-state index contributed by atoms with van der Waals surface area (Å²) in [7, 11) is 0. The van der Waals surface area contributed by atoms with Crippen molar-refractivity contribution in [3.8, 4) is 11.4 Å². The van der Waals surface area contributed by atoms with E-state index in [1.54, 1.807) is 0 Å². The highest BCUT2D eigenvalue weighted by molar-refractivity contribution is 5.57. The van der Waals surface area contributed by atoms with E-state index in [-0.39, 0.29) is 0 Å². The van der Waals surface area contributed by atoms with Gasteiger partial charge in [0, 0.05) is 12.0 Å². The number of benzene rings is 1. The lowest BCUT2D eigenvalue weighted by atomic mass is 10.1. The summed E-state index contributed by atoms with van der Waals surface area (Å²) < 4.78 is 5.38. The molecule has 0 bridgehead atoms. The van der Waals surface area contributed by atoms with Gasteiger partial charge < -0.3 is 4.52 Å². The molecule has 1 heterocycles. The van der Waals surface area contributed by atoms with Crippen LogP contribution in [0.1, 0.15) is 62.5 Å². The van der Waals surface area contributed by atoms with Crippen LogP contribution in [0.15, 0.2) is 22.7 Å². The smallest absolute Gasteiger partial charge is 0.226 e. The molecule has 0 N–H and O–H groups in total. The van der Waals surface area contributed by atoms with Crippen molar-refractivity contribution in [3.05, 3.63) is 35.2 Å². The fraction of sp³-hybridized carbons (Fsp3) is 0.556. The van der Waals surface area contributed by atoms with E-state index in [9.17, 15) is 0 Å². The lowest BCUT2D eigenvalue weighted by Crippen LogP contribution is -1.88. The molecule has 1 aromatic heterocycles. The molecule has 3 heteroatoms. The molecule has 0 fully saturated rings. The Kier molecular flexibility index (Phi) is 4.69. The average Bonchev–Trinajstić information content (AvgIpc) is 3.15. The van der Waals surface area contributed by atoms with Crippen molar-refractivity contribution in [1.82, 2.24) is 10.1 Å². The normalized spacial score (nSPS) is 13.6. The molecule has 0 amide bonds. The molecule has 1 aromatic carbocycles. The van der Waals surface area contributed by atoms with Gasteiger partial charge in [0.2, 0.25) is 11.7 Å². The Hall–Kier alpha value is -1.64.